The molecule has 0 saturated heterocycles. The van der Waals surface area contributed by atoms with Gasteiger partial charge < -0.3 is 4.57 Å². The number of carbonyl (C=O) groups is 1. The second kappa shape index (κ2) is 6.26. The first-order valence-electron chi connectivity index (χ1n) is 8.03. The summed E-state index contributed by atoms with van der Waals surface area (Å²) < 4.78 is 16.9. The molecule has 0 bridgehead atoms. The van der Waals surface area contributed by atoms with E-state index in [1.807, 2.05) is 29.7 Å². The largest absolute Gasteiger partial charge is 0.317 e. The topological polar surface area (TPSA) is 34.4 Å². The van der Waals surface area contributed by atoms with Crippen LogP contribution >= 0.6 is 11.3 Å². The number of rotatable bonds is 2. The number of amides is 1. The summed E-state index contributed by atoms with van der Waals surface area (Å²) in [7, 11) is 0. The molecule has 0 N–H and O–H groups in total. The van der Waals surface area contributed by atoms with E-state index in [9.17, 15) is 9.18 Å². The standard InChI is InChI=1S/C20H15FN2OS/c1-2-23-17-12-11-13-7-3-4-8-14(13)18(17)25-20(23)22-19(24)15-9-5-6-10-16(15)21/h3-12H,2H2,1H3. The van der Waals surface area contributed by atoms with Crippen molar-refractivity contribution in [1.29, 1.82) is 0 Å². The van der Waals surface area contributed by atoms with Gasteiger partial charge in [0.05, 0.1) is 15.8 Å². The highest BCUT2D eigenvalue weighted by molar-refractivity contribution is 7.17. The lowest BCUT2D eigenvalue weighted by Crippen LogP contribution is -2.16. The molecule has 4 aromatic rings. The van der Waals surface area contributed by atoms with Crippen molar-refractivity contribution < 1.29 is 9.18 Å². The van der Waals surface area contributed by atoms with Gasteiger partial charge in [0.2, 0.25) is 0 Å². The Kier molecular flexibility index (Phi) is 3.93. The number of hydrogen-bond acceptors (Lipinski definition) is 2. The second-order valence-corrected chi connectivity index (χ2v) is 6.64. The minimum absolute atomic E-state index is 0.00697. The van der Waals surface area contributed by atoms with E-state index >= 15 is 0 Å². The van der Waals surface area contributed by atoms with Crippen LogP contribution in [0, 0.1) is 5.82 Å². The molecule has 0 aliphatic carbocycles. The van der Waals surface area contributed by atoms with Crippen LogP contribution in [0.5, 0.6) is 0 Å². The molecule has 5 heteroatoms. The molecule has 0 atom stereocenters. The first-order chi connectivity index (χ1) is 12.2. The van der Waals surface area contributed by atoms with Crippen LogP contribution in [0.4, 0.5) is 4.39 Å². The smallest absolute Gasteiger partial charge is 0.282 e. The quantitative estimate of drug-likeness (QED) is 0.513. The molecule has 0 saturated carbocycles. The number of thiazole rings is 1. The normalized spacial score (nSPS) is 12.2. The third kappa shape index (κ3) is 2.66. The molecule has 25 heavy (non-hydrogen) atoms. The Morgan fingerprint density at radius 3 is 2.64 bits per heavy atom. The molecule has 4 rings (SSSR count). The van der Waals surface area contributed by atoms with Crippen LogP contribution in [0.2, 0.25) is 0 Å². The molecule has 124 valence electrons. The summed E-state index contributed by atoms with van der Waals surface area (Å²) in [6, 6.07) is 18.2. The second-order valence-electron chi connectivity index (χ2n) is 5.66. The fourth-order valence-corrected chi connectivity index (χ4v) is 4.20. The molecule has 1 aromatic heterocycles. The third-order valence-corrected chi connectivity index (χ3v) is 5.32. The van der Waals surface area contributed by atoms with E-state index in [1.165, 1.54) is 23.5 Å². The highest BCUT2D eigenvalue weighted by Crippen LogP contribution is 2.27. The van der Waals surface area contributed by atoms with E-state index in [-0.39, 0.29) is 5.56 Å². The number of fused-ring (bicyclic) bond motifs is 3. The molecular formula is C20H15FN2OS. The first kappa shape index (κ1) is 15.7. The maximum Gasteiger partial charge on any atom is 0.282 e. The molecule has 0 fully saturated rings. The van der Waals surface area contributed by atoms with Gasteiger partial charge in [0.15, 0.2) is 4.80 Å². The Bertz CT molecular complexity index is 1170. The number of carbonyl (C=O) groups excluding carboxylic acids is 1. The van der Waals surface area contributed by atoms with Crippen molar-refractivity contribution in [2.45, 2.75) is 13.5 Å². The fourth-order valence-electron chi connectivity index (χ4n) is 2.97. The minimum atomic E-state index is -0.559. The molecule has 0 spiro atoms. The maximum atomic E-state index is 13.9. The summed E-state index contributed by atoms with van der Waals surface area (Å²) in [6.45, 7) is 2.69. The summed E-state index contributed by atoms with van der Waals surface area (Å²) in [5, 5.41) is 2.28. The van der Waals surface area contributed by atoms with Gasteiger partial charge in [-0.1, -0.05) is 53.8 Å². The Hall–Kier alpha value is -2.79. The van der Waals surface area contributed by atoms with Gasteiger partial charge in [-0.3, -0.25) is 4.79 Å². The summed E-state index contributed by atoms with van der Waals surface area (Å²) in [5.74, 6) is -1.11. The van der Waals surface area contributed by atoms with E-state index < -0.39 is 11.7 Å². The van der Waals surface area contributed by atoms with Gasteiger partial charge in [-0.2, -0.15) is 4.99 Å². The molecule has 3 nitrogen and oxygen atoms in total. The first-order valence-corrected chi connectivity index (χ1v) is 8.85. The van der Waals surface area contributed by atoms with Crippen molar-refractivity contribution in [2.24, 2.45) is 4.99 Å². The van der Waals surface area contributed by atoms with Crippen molar-refractivity contribution in [3.8, 4) is 0 Å². The molecule has 0 unspecified atom stereocenters. The summed E-state index contributed by atoms with van der Waals surface area (Å²) in [5.41, 5.74) is 1.03. The van der Waals surface area contributed by atoms with Crippen LogP contribution in [-0.4, -0.2) is 10.5 Å². The van der Waals surface area contributed by atoms with E-state index in [4.69, 9.17) is 0 Å². The van der Waals surface area contributed by atoms with Crippen LogP contribution in [0.15, 0.2) is 65.7 Å². The molecule has 3 aromatic carbocycles. The fraction of sp³-hybridized carbons (Fsp3) is 0.100. The van der Waals surface area contributed by atoms with E-state index in [1.54, 1.807) is 12.1 Å². The van der Waals surface area contributed by atoms with E-state index in [0.717, 1.165) is 21.0 Å². The van der Waals surface area contributed by atoms with Gasteiger partial charge >= 0.3 is 0 Å². The van der Waals surface area contributed by atoms with Crippen LogP contribution in [-0.2, 0) is 6.54 Å². The summed E-state index contributed by atoms with van der Waals surface area (Å²) in [4.78, 5) is 17.2. The van der Waals surface area contributed by atoms with E-state index in [2.05, 4.69) is 23.2 Å². The van der Waals surface area contributed by atoms with Crippen LogP contribution in [0.25, 0.3) is 21.0 Å². The van der Waals surface area contributed by atoms with Crippen LogP contribution in [0.3, 0.4) is 0 Å². The van der Waals surface area contributed by atoms with Gasteiger partial charge in [0, 0.05) is 11.9 Å². The average molecular weight is 350 g/mol. The zero-order chi connectivity index (χ0) is 17.4. The van der Waals surface area contributed by atoms with Gasteiger partial charge in [-0.15, -0.1) is 0 Å². The molecule has 1 amide bonds. The van der Waals surface area contributed by atoms with Crippen molar-refractivity contribution in [3.05, 3.63) is 76.8 Å². The zero-order valence-electron chi connectivity index (χ0n) is 13.6. The molecule has 0 radical (unpaired) electrons. The van der Waals surface area contributed by atoms with Crippen molar-refractivity contribution in [2.75, 3.05) is 0 Å². The van der Waals surface area contributed by atoms with E-state index in [0.29, 0.717) is 11.3 Å². The number of hydrogen-bond donors (Lipinski definition) is 0. The van der Waals surface area contributed by atoms with Gasteiger partial charge in [-0.05, 0) is 30.5 Å². The third-order valence-electron chi connectivity index (χ3n) is 4.19. The summed E-state index contributed by atoms with van der Waals surface area (Å²) in [6.07, 6.45) is 0. The van der Waals surface area contributed by atoms with Crippen LogP contribution in [0.1, 0.15) is 17.3 Å². The Balaban J connectivity index is 1.97. The monoisotopic (exact) mass is 350 g/mol. The van der Waals surface area contributed by atoms with Gasteiger partial charge in [0.25, 0.3) is 5.91 Å². The predicted octanol–water partition coefficient (Wildman–Crippen LogP) is 4.76. The van der Waals surface area contributed by atoms with Gasteiger partial charge in [0.1, 0.15) is 5.82 Å². The number of benzene rings is 3. The lowest BCUT2D eigenvalue weighted by molar-refractivity contribution is 0.0994. The minimum Gasteiger partial charge on any atom is -0.317 e. The highest BCUT2D eigenvalue weighted by Gasteiger charge is 2.12. The average Bonchev–Trinajstić information content (AvgIpc) is 2.99. The lowest BCUT2D eigenvalue weighted by atomic mass is 10.1. The Morgan fingerprint density at radius 1 is 1.08 bits per heavy atom. The van der Waals surface area contributed by atoms with Crippen molar-refractivity contribution >= 4 is 38.2 Å². The predicted molar refractivity (Wildman–Crippen MR) is 99.3 cm³/mol. The Morgan fingerprint density at radius 2 is 1.84 bits per heavy atom. The lowest BCUT2D eigenvalue weighted by Gasteiger charge is -2.02. The summed E-state index contributed by atoms with van der Waals surface area (Å²) >= 11 is 1.46. The number of nitrogens with zero attached hydrogens (tertiary/aromatic N) is 2. The highest BCUT2D eigenvalue weighted by atomic mass is 32.1. The SMILES string of the molecule is CCn1c(=NC(=O)c2ccccc2F)sc2c3ccccc3ccc21. The zero-order valence-corrected chi connectivity index (χ0v) is 14.4. The maximum absolute atomic E-state index is 13.9. The number of halogens is 1. The molecule has 1 heterocycles. The molecule has 0 aliphatic heterocycles. The van der Waals surface area contributed by atoms with Crippen molar-refractivity contribution in [3.63, 3.8) is 0 Å². The van der Waals surface area contributed by atoms with Crippen molar-refractivity contribution in [1.82, 2.24) is 4.57 Å². The Labute approximate surface area is 147 Å². The molecule has 0 aliphatic rings. The van der Waals surface area contributed by atoms with Gasteiger partial charge in [-0.25, -0.2) is 4.39 Å². The number of aryl methyl sites for hydroxylation is 1. The van der Waals surface area contributed by atoms with Crippen LogP contribution < -0.4 is 4.80 Å². The number of aromatic nitrogens is 1. The molecular weight excluding hydrogens is 335 g/mol.